The lowest BCUT2D eigenvalue weighted by molar-refractivity contribution is 0.0109. The number of aliphatic hydroxyl groups is 1. The first-order valence-electron chi connectivity index (χ1n) is 5.36. The van der Waals surface area contributed by atoms with Crippen molar-refractivity contribution in [2.24, 2.45) is 0 Å². The molecule has 0 amide bonds. The van der Waals surface area contributed by atoms with Gasteiger partial charge in [0.25, 0.3) is 0 Å². The summed E-state index contributed by atoms with van der Waals surface area (Å²) in [6, 6.07) is 7.73. The molecule has 1 heterocycles. The van der Waals surface area contributed by atoms with E-state index in [2.05, 4.69) is 5.32 Å². The van der Waals surface area contributed by atoms with E-state index in [0.29, 0.717) is 0 Å². The van der Waals surface area contributed by atoms with Crippen LogP contribution in [-0.2, 0) is 6.42 Å². The van der Waals surface area contributed by atoms with Crippen molar-refractivity contribution in [1.82, 2.24) is 5.32 Å². The first-order chi connectivity index (χ1) is 7.18. The summed E-state index contributed by atoms with van der Waals surface area (Å²) >= 11 is 5.82. The standard InChI is InChI=1S/C12H16ClNO.ClH/c13-11-3-1-10(2-4-11)9-12(15)5-7-14-8-6-12;/h1-4,14-15H,5-9H2;1H. The molecule has 0 aromatic heterocycles. The summed E-state index contributed by atoms with van der Waals surface area (Å²) in [5, 5.41) is 14.3. The van der Waals surface area contributed by atoms with Crippen molar-refractivity contribution in [3.63, 3.8) is 0 Å². The zero-order valence-electron chi connectivity index (χ0n) is 9.08. The third-order valence-electron chi connectivity index (χ3n) is 2.98. The van der Waals surface area contributed by atoms with Gasteiger partial charge >= 0.3 is 0 Å². The van der Waals surface area contributed by atoms with Crippen LogP contribution in [0.2, 0.25) is 5.02 Å². The molecular weight excluding hydrogens is 245 g/mol. The Labute approximate surface area is 107 Å². The van der Waals surface area contributed by atoms with Crippen molar-refractivity contribution >= 4 is 24.0 Å². The lowest BCUT2D eigenvalue weighted by Gasteiger charge is -2.32. The van der Waals surface area contributed by atoms with Gasteiger partial charge in [-0.05, 0) is 43.6 Å². The quantitative estimate of drug-likeness (QED) is 0.857. The molecule has 2 N–H and O–H groups in total. The van der Waals surface area contributed by atoms with Gasteiger partial charge in [-0.15, -0.1) is 12.4 Å². The van der Waals surface area contributed by atoms with Gasteiger partial charge in [-0.1, -0.05) is 23.7 Å². The summed E-state index contributed by atoms with van der Waals surface area (Å²) in [5.74, 6) is 0. The van der Waals surface area contributed by atoms with E-state index in [1.807, 2.05) is 24.3 Å². The molecular formula is C12H17Cl2NO. The minimum atomic E-state index is -0.529. The van der Waals surface area contributed by atoms with Gasteiger partial charge in [0.05, 0.1) is 5.60 Å². The van der Waals surface area contributed by atoms with Gasteiger partial charge in [-0.2, -0.15) is 0 Å². The third-order valence-corrected chi connectivity index (χ3v) is 3.23. The van der Waals surface area contributed by atoms with E-state index >= 15 is 0 Å². The molecule has 0 bridgehead atoms. The van der Waals surface area contributed by atoms with Gasteiger partial charge in [0.2, 0.25) is 0 Å². The Bertz CT molecular complexity index is 320. The Morgan fingerprint density at radius 3 is 2.31 bits per heavy atom. The molecule has 0 aliphatic carbocycles. The number of nitrogens with one attached hydrogen (secondary N) is 1. The smallest absolute Gasteiger partial charge is 0.0712 e. The number of rotatable bonds is 2. The summed E-state index contributed by atoms with van der Waals surface area (Å²) in [4.78, 5) is 0. The Balaban J connectivity index is 0.00000128. The number of hydrogen-bond acceptors (Lipinski definition) is 2. The van der Waals surface area contributed by atoms with Crippen molar-refractivity contribution < 1.29 is 5.11 Å². The van der Waals surface area contributed by atoms with Crippen molar-refractivity contribution in [2.45, 2.75) is 24.9 Å². The van der Waals surface area contributed by atoms with Crippen LogP contribution >= 0.6 is 24.0 Å². The number of hydrogen-bond donors (Lipinski definition) is 2. The topological polar surface area (TPSA) is 32.3 Å². The molecule has 2 nitrogen and oxygen atoms in total. The molecule has 0 radical (unpaired) electrons. The number of piperidine rings is 1. The first kappa shape index (κ1) is 13.8. The first-order valence-corrected chi connectivity index (χ1v) is 5.73. The molecule has 0 atom stereocenters. The van der Waals surface area contributed by atoms with Crippen LogP contribution in [-0.4, -0.2) is 23.8 Å². The molecule has 0 saturated carbocycles. The van der Waals surface area contributed by atoms with E-state index in [-0.39, 0.29) is 12.4 Å². The maximum Gasteiger partial charge on any atom is 0.0712 e. The van der Waals surface area contributed by atoms with Gasteiger partial charge in [-0.3, -0.25) is 0 Å². The van der Waals surface area contributed by atoms with Crippen LogP contribution in [0.5, 0.6) is 0 Å². The highest BCUT2D eigenvalue weighted by Crippen LogP contribution is 2.23. The lowest BCUT2D eigenvalue weighted by Crippen LogP contribution is -2.43. The zero-order chi connectivity index (χ0) is 10.7. The predicted molar refractivity (Wildman–Crippen MR) is 69.5 cm³/mol. The molecule has 1 aromatic rings. The fourth-order valence-corrected chi connectivity index (χ4v) is 2.18. The maximum absolute atomic E-state index is 10.3. The molecule has 1 saturated heterocycles. The molecule has 0 unspecified atom stereocenters. The van der Waals surface area contributed by atoms with Crippen LogP contribution in [0.4, 0.5) is 0 Å². The van der Waals surface area contributed by atoms with Crippen molar-refractivity contribution in [2.75, 3.05) is 13.1 Å². The van der Waals surface area contributed by atoms with Crippen LogP contribution in [0.1, 0.15) is 18.4 Å². The Hall–Kier alpha value is -0.280. The average molecular weight is 262 g/mol. The normalized spacial score (nSPS) is 18.9. The summed E-state index contributed by atoms with van der Waals surface area (Å²) in [6.07, 6.45) is 2.39. The Kier molecular flexibility index (Phi) is 5.06. The van der Waals surface area contributed by atoms with Crippen LogP contribution in [0.3, 0.4) is 0 Å². The molecule has 1 fully saturated rings. The SMILES string of the molecule is Cl.OC1(Cc2ccc(Cl)cc2)CCNCC1. The third kappa shape index (κ3) is 3.63. The second-order valence-electron chi connectivity index (χ2n) is 4.28. The fourth-order valence-electron chi connectivity index (χ4n) is 2.05. The monoisotopic (exact) mass is 261 g/mol. The van der Waals surface area contributed by atoms with E-state index in [1.54, 1.807) is 0 Å². The van der Waals surface area contributed by atoms with Crippen molar-refractivity contribution in [3.05, 3.63) is 34.9 Å². The molecule has 1 aliphatic rings. The minimum Gasteiger partial charge on any atom is -0.389 e. The van der Waals surface area contributed by atoms with Crippen LogP contribution < -0.4 is 5.32 Å². The van der Waals surface area contributed by atoms with Gasteiger partial charge < -0.3 is 10.4 Å². The van der Waals surface area contributed by atoms with E-state index < -0.39 is 5.60 Å². The molecule has 2 rings (SSSR count). The predicted octanol–water partition coefficient (Wildman–Crippen LogP) is 2.42. The highest BCUT2D eigenvalue weighted by Gasteiger charge is 2.28. The number of halogens is 2. The Morgan fingerprint density at radius 2 is 1.75 bits per heavy atom. The minimum absolute atomic E-state index is 0. The van der Waals surface area contributed by atoms with Crippen LogP contribution in [0.15, 0.2) is 24.3 Å². The van der Waals surface area contributed by atoms with E-state index in [4.69, 9.17) is 11.6 Å². The molecule has 1 aromatic carbocycles. The van der Waals surface area contributed by atoms with Crippen molar-refractivity contribution in [3.8, 4) is 0 Å². The summed E-state index contributed by atoms with van der Waals surface area (Å²) in [6.45, 7) is 1.81. The summed E-state index contributed by atoms with van der Waals surface area (Å²) in [5.41, 5.74) is 0.628. The highest BCUT2D eigenvalue weighted by molar-refractivity contribution is 6.30. The van der Waals surface area contributed by atoms with Crippen molar-refractivity contribution in [1.29, 1.82) is 0 Å². The van der Waals surface area contributed by atoms with Gasteiger partial charge in [0.15, 0.2) is 0 Å². The molecule has 4 heteroatoms. The van der Waals surface area contributed by atoms with E-state index in [0.717, 1.165) is 42.9 Å². The average Bonchev–Trinajstić information content (AvgIpc) is 2.22. The van der Waals surface area contributed by atoms with E-state index in [1.165, 1.54) is 0 Å². The van der Waals surface area contributed by atoms with Gasteiger partial charge in [0, 0.05) is 11.4 Å². The molecule has 0 spiro atoms. The fraction of sp³-hybridized carbons (Fsp3) is 0.500. The lowest BCUT2D eigenvalue weighted by atomic mass is 9.86. The van der Waals surface area contributed by atoms with Gasteiger partial charge in [-0.25, -0.2) is 0 Å². The molecule has 16 heavy (non-hydrogen) atoms. The maximum atomic E-state index is 10.3. The molecule has 90 valence electrons. The van der Waals surface area contributed by atoms with Crippen LogP contribution in [0, 0.1) is 0 Å². The number of benzene rings is 1. The van der Waals surface area contributed by atoms with Crippen LogP contribution in [0.25, 0.3) is 0 Å². The summed E-state index contributed by atoms with van der Waals surface area (Å²) in [7, 11) is 0. The second kappa shape index (κ2) is 5.87. The van der Waals surface area contributed by atoms with Gasteiger partial charge in [0.1, 0.15) is 0 Å². The second-order valence-corrected chi connectivity index (χ2v) is 4.71. The summed E-state index contributed by atoms with van der Waals surface area (Å²) < 4.78 is 0. The zero-order valence-corrected chi connectivity index (χ0v) is 10.7. The largest absolute Gasteiger partial charge is 0.389 e. The molecule has 1 aliphatic heterocycles. The van der Waals surface area contributed by atoms with E-state index in [9.17, 15) is 5.11 Å². The highest BCUT2D eigenvalue weighted by atomic mass is 35.5. The Morgan fingerprint density at radius 1 is 1.19 bits per heavy atom.